The Labute approximate surface area is 352 Å². The molecule has 16 heteroatoms. The number of aliphatic imine (C=N–C) groups is 1. The van der Waals surface area contributed by atoms with E-state index in [1.807, 2.05) is 18.2 Å². The fourth-order valence-corrected chi connectivity index (χ4v) is 11.2. The Balaban J connectivity index is 0.751. The molecule has 2 aliphatic carbocycles. The predicted octanol–water partition coefficient (Wildman–Crippen LogP) is 6.02. The highest BCUT2D eigenvalue weighted by atomic mass is 32.1. The number of carbonyl (C=O) groups excluding carboxylic acids is 5. The first-order valence-corrected chi connectivity index (χ1v) is 21.7. The number of thiazole rings is 1. The van der Waals surface area contributed by atoms with Crippen molar-refractivity contribution in [3.63, 3.8) is 0 Å². The van der Waals surface area contributed by atoms with Crippen LogP contribution in [0.3, 0.4) is 0 Å². The molecule has 312 valence electrons. The van der Waals surface area contributed by atoms with Gasteiger partial charge in [0.05, 0.1) is 44.7 Å². The van der Waals surface area contributed by atoms with Crippen LogP contribution in [-0.4, -0.2) is 101 Å². The van der Waals surface area contributed by atoms with Gasteiger partial charge in [0.1, 0.15) is 11.8 Å². The Hall–Kier alpha value is -5.74. The van der Waals surface area contributed by atoms with Crippen LogP contribution in [0.2, 0.25) is 0 Å². The topological polar surface area (TPSA) is 178 Å². The second kappa shape index (κ2) is 16.0. The number of nitrogens with one attached hydrogen (secondary N) is 3. The molecule has 2 saturated carbocycles. The van der Waals surface area contributed by atoms with E-state index in [2.05, 4.69) is 37.7 Å². The lowest BCUT2D eigenvalue weighted by molar-refractivity contribution is -0.136. The van der Waals surface area contributed by atoms with E-state index < -0.39 is 23.8 Å². The smallest absolute Gasteiger partial charge is 0.264 e. The summed E-state index contributed by atoms with van der Waals surface area (Å²) in [5.41, 5.74) is 3.40. The lowest BCUT2D eigenvalue weighted by atomic mass is 9.60. The van der Waals surface area contributed by atoms with Crippen molar-refractivity contribution in [2.45, 2.75) is 89.1 Å². The summed E-state index contributed by atoms with van der Waals surface area (Å²) in [4.78, 5) is 77.4. The third kappa shape index (κ3) is 7.40. The molecule has 2 saturated heterocycles. The Kier molecular flexibility index (Phi) is 10.6. The molecule has 0 radical (unpaired) electrons. The maximum absolute atomic E-state index is 13.6. The van der Waals surface area contributed by atoms with Gasteiger partial charge in [-0.2, -0.15) is 5.10 Å². The Morgan fingerprint density at radius 2 is 1.83 bits per heavy atom. The number of rotatable bonds is 10. The third-order valence-electron chi connectivity index (χ3n) is 13.3. The zero-order valence-corrected chi connectivity index (χ0v) is 34.7. The number of benzene rings is 2. The number of carbonyl (C=O) groups is 5. The fraction of sp³-hybridized carbons (Fsp3) is 0.455. The van der Waals surface area contributed by atoms with Gasteiger partial charge in [-0.05, 0) is 113 Å². The molecule has 5 heterocycles. The molecule has 3 N–H and O–H groups in total. The first-order chi connectivity index (χ1) is 29.0. The van der Waals surface area contributed by atoms with Crippen molar-refractivity contribution in [1.29, 1.82) is 0 Å². The van der Waals surface area contributed by atoms with Crippen molar-refractivity contribution in [2.24, 2.45) is 21.4 Å². The number of hydrogen-bond donors (Lipinski definition) is 3. The average molecular weight is 832 g/mol. The average Bonchev–Trinajstić information content (AvgIpc) is 3.77. The van der Waals surface area contributed by atoms with E-state index >= 15 is 0 Å². The first kappa shape index (κ1) is 39.7. The summed E-state index contributed by atoms with van der Waals surface area (Å²) in [7, 11) is 1.59. The number of amides is 5. The van der Waals surface area contributed by atoms with Crippen molar-refractivity contribution in [2.75, 3.05) is 37.4 Å². The zero-order valence-electron chi connectivity index (χ0n) is 33.9. The van der Waals surface area contributed by atoms with Crippen LogP contribution in [0.15, 0.2) is 64.1 Å². The number of methoxy groups -OCH3 is 1. The monoisotopic (exact) mass is 831 g/mol. The summed E-state index contributed by atoms with van der Waals surface area (Å²) in [6.45, 7) is 8.57. The molecule has 0 bridgehead atoms. The molecule has 2 aromatic carbocycles. The van der Waals surface area contributed by atoms with Gasteiger partial charge >= 0.3 is 0 Å². The molecule has 3 aromatic rings. The molecular formula is C44H49N9O6S. The number of hydrogen-bond acceptors (Lipinski definition) is 13. The number of anilines is 2. The molecule has 15 nitrogen and oxygen atoms in total. The molecule has 1 aromatic heterocycles. The van der Waals surface area contributed by atoms with Crippen molar-refractivity contribution in [3.05, 3.63) is 70.1 Å². The third-order valence-corrected chi connectivity index (χ3v) is 14.5. The summed E-state index contributed by atoms with van der Waals surface area (Å²) in [6, 6.07) is 8.34. The van der Waals surface area contributed by atoms with Crippen LogP contribution in [0.5, 0.6) is 5.75 Å². The molecule has 4 fully saturated rings. The molecule has 4 aliphatic heterocycles. The van der Waals surface area contributed by atoms with E-state index in [1.165, 1.54) is 17.9 Å². The summed E-state index contributed by atoms with van der Waals surface area (Å²) in [6.07, 6.45) is 14.2. The van der Waals surface area contributed by atoms with Crippen LogP contribution in [0.25, 0.3) is 10.2 Å². The van der Waals surface area contributed by atoms with Crippen LogP contribution >= 0.6 is 11.3 Å². The quantitative estimate of drug-likeness (QED) is 0.124. The molecular weight excluding hydrogens is 783 g/mol. The van der Waals surface area contributed by atoms with Crippen molar-refractivity contribution in [1.82, 2.24) is 25.1 Å². The number of likely N-dealkylation sites (tertiary alicyclic amines) is 1. The van der Waals surface area contributed by atoms with Gasteiger partial charge in [-0.15, -0.1) is 11.3 Å². The van der Waals surface area contributed by atoms with Crippen LogP contribution in [0, 0.1) is 11.3 Å². The fourth-order valence-electron chi connectivity index (χ4n) is 10.00. The standard InChI is InChI=1S/C44H49N9O6S/c1-25(38-46-16-5-17-52(38)45-2)39(55)48-31-21-35-32(20-34(31)59-3)49-41(60-35)27-10-8-26(9-11-27)24-51-18-14-44(15-19-51)22-28(23-44)47-30-7-4-6-29-37(30)43(58)53(42(29)57)33-12-13-36(54)50-40(33)56/h4-7,16-17,20-21,26-28,33,47H,2,8-15,18-19,22-24H2,1,3H3,(H,48,55)(H,50,54,56)/b38-25+. The zero-order chi connectivity index (χ0) is 41.7. The van der Waals surface area contributed by atoms with Crippen LogP contribution in [-0.2, 0) is 14.4 Å². The molecule has 1 spiro atoms. The summed E-state index contributed by atoms with van der Waals surface area (Å²) in [5.74, 6) is -0.235. The van der Waals surface area contributed by atoms with Crippen LogP contribution in [0.1, 0.15) is 103 Å². The highest BCUT2D eigenvalue weighted by Crippen LogP contribution is 2.51. The van der Waals surface area contributed by atoms with Gasteiger partial charge in [0.2, 0.25) is 11.8 Å². The highest BCUT2D eigenvalue weighted by Gasteiger charge is 2.48. The van der Waals surface area contributed by atoms with Crippen molar-refractivity contribution >= 4 is 75.4 Å². The Morgan fingerprint density at radius 1 is 1.05 bits per heavy atom. The molecule has 5 amide bonds. The molecule has 9 rings (SSSR count). The first-order valence-electron chi connectivity index (χ1n) is 20.8. The normalized spacial score (nSPS) is 25.0. The number of fused-ring (bicyclic) bond motifs is 2. The second-order valence-electron chi connectivity index (χ2n) is 17.0. The molecule has 1 unspecified atom stereocenters. The van der Waals surface area contributed by atoms with Crippen LogP contribution < -0.4 is 20.7 Å². The number of allylic oxidation sites excluding steroid dienone is 1. The number of aromatic nitrogens is 1. The maximum atomic E-state index is 13.6. The molecule has 60 heavy (non-hydrogen) atoms. The number of hydrazone groups is 1. The lowest BCUT2D eigenvalue weighted by Crippen LogP contribution is -2.54. The molecule has 6 aliphatic rings. The van der Waals surface area contributed by atoms with Gasteiger partial charge in [0, 0.05) is 55.8 Å². The highest BCUT2D eigenvalue weighted by molar-refractivity contribution is 7.18. The van der Waals surface area contributed by atoms with E-state index in [0.717, 1.165) is 78.3 Å². The lowest BCUT2D eigenvalue weighted by Gasteiger charge is -2.53. The Morgan fingerprint density at radius 3 is 2.57 bits per heavy atom. The second-order valence-corrected chi connectivity index (χ2v) is 18.1. The van der Waals surface area contributed by atoms with Gasteiger partial charge in [-0.25, -0.2) is 15.0 Å². The van der Waals surface area contributed by atoms with Crippen molar-refractivity contribution in [3.8, 4) is 5.75 Å². The summed E-state index contributed by atoms with van der Waals surface area (Å²) >= 11 is 1.69. The van der Waals surface area contributed by atoms with E-state index in [0.29, 0.717) is 56.9 Å². The molecule has 1 atom stereocenters. The number of ether oxygens (including phenoxy) is 1. The van der Waals surface area contributed by atoms with Gasteiger partial charge in [-0.1, -0.05) is 6.07 Å². The van der Waals surface area contributed by atoms with Crippen molar-refractivity contribution < 1.29 is 28.7 Å². The maximum Gasteiger partial charge on any atom is 0.264 e. The van der Waals surface area contributed by atoms with E-state index in [9.17, 15) is 24.0 Å². The van der Waals surface area contributed by atoms with Gasteiger partial charge in [0.25, 0.3) is 17.7 Å². The van der Waals surface area contributed by atoms with Gasteiger partial charge in [0.15, 0.2) is 5.82 Å². The number of piperidine rings is 2. The predicted molar refractivity (Wildman–Crippen MR) is 229 cm³/mol. The van der Waals surface area contributed by atoms with Gasteiger partial charge in [-0.3, -0.25) is 34.2 Å². The minimum absolute atomic E-state index is 0.0933. The van der Waals surface area contributed by atoms with E-state index in [4.69, 9.17) is 9.72 Å². The minimum atomic E-state index is -0.978. The number of nitrogens with zero attached hydrogens (tertiary/aromatic N) is 6. The van der Waals surface area contributed by atoms with Crippen LogP contribution in [0.4, 0.5) is 11.4 Å². The Bertz CT molecular complexity index is 2380. The summed E-state index contributed by atoms with van der Waals surface area (Å²) in [5, 5.41) is 15.4. The van der Waals surface area contributed by atoms with E-state index in [1.54, 1.807) is 56.0 Å². The number of imide groups is 2. The van der Waals surface area contributed by atoms with Gasteiger partial charge < -0.3 is 20.3 Å². The van der Waals surface area contributed by atoms with E-state index in [-0.39, 0.29) is 30.7 Å². The largest absolute Gasteiger partial charge is 0.494 e. The summed E-state index contributed by atoms with van der Waals surface area (Å²) < 4.78 is 6.67. The SMILES string of the molecule is C=NN1C=CC=N/C1=C(/C)C(=O)Nc1cc2sc(C3CCC(CN4CCC5(CC4)CC(Nc4cccc6c4C(=O)N(C4CCC(=O)NC4=O)C6=O)C5)CC3)nc2cc1OC. The minimum Gasteiger partial charge on any atom is -0.494 e.